The lowest BCUT2D eigenvalue weighted by Crippen LogP contribution is -2.20. The van der Waals surface area contributed by atoms with E-state index < -0.39 is 10.0 Å². The fourth-order valence-corrected chi connectivity index (χ4v) is 4.10. The molecule has 0 fully saturated rings. The van der Waals surface area contributed by atoms with Gasteiger partial charge in [0.15, 0.2) is 0 Å². The van der Waals surface area contributed by atoms with Crippen LogP contribution in [0, 0.1) is 0 Å². The zero-order valence-electron chi connectivity index (χ0n) is 14.0. The average molecular weight is 357 g/mol. The number of hydrogen-bond acceptors (Lipinski definition) is 4. The van der Waals surface area contributed by atoms with E-state index in [1.807, 2.05) is 0 Å². The molecule has 1 N–H and O–H groups in total. The molecule has 0 spiro atoms. The lowest BCUT2D eigenvalue weighted by molar-refractivity contribution is 0.588. The summed E-state index contributed by atoms with van der Waals surface area (Å²) in [5.74, 6) is 0. The van der Waals surface area contributed by atoms with Gasteiger partial charge in [-0.3, -0.25) is 4.79 Å². The molecule has 0 radical (unpaired) electrons. The van der Waals surface area contributed by atoms with Crippen LogP contribution in [0.2, 0.25) is 0 Å². The van der Waals surface area contributed by atoms with Gasteiger partial charge in [0.05, 0.1) is 16.2 Å². The van der Waals surface area contributed by atoms with Crippen molar-refractivity contribution in [1.82, 2.24) is 13.9 Å². The number of pyridine rings is 1. The predicted molar refractivity (Wildman–Crippen MR) is 96.9 cm³/mol. The van der Waals surface area contributed by atoms with Gasteiger partial charge in [-0.25, -0.2) is 12.4 Å². The van der Waals surface area contributed by atoms with Gasteiger partial charge in [-0.05, 0) is 42.9 Å². The minimum Gasteiger partial charge on any atom is -0.318 e. The number of aryl methyl sites for hydroxylation is 1. The maximum atomic E-state index is 13.1. The zero-order chi connectivity index (χ0) is 18.0. The lowest BCUT2D eigenvalue weighted by atomic mass is 10.2. The van der Waals surface area contributed by atoms with Gasteiger partial charge in [0.2, 0.25) is 0 Å². The molecule has 25 heavy (non-hydrogen) atoms. The standard InChI is InChI=1S/C18H19N3O3S/c1-19-12-14-11-17(16-9-6-10-20(2)18(16)22)21(13-14)25(23,24)15-7-4-3-5-8-15/h3-11,13,19H,12H2,1-2H3. The van der Waals surface area contributed by atoms with E-state index in [1.54, 1.807) is 75.0 Å². The number of hydrogen-bond donors (Lipinski definition) is 1. The van der Waals surface area contributed by atoms with Gasteiger partial charge in [-0.1, -0.05) is 18.2 Å². The second-order valence-corrected chi connectivity index (χ2v) is 7.53. The van der Waals surface area contributed by atoms with Crippen LogP contribution >= 0.6 is 0 Å². The molecule has 3 rings (SSSR count). The van der Waals surface area contributed by atoms with Crippen LogP contribution < -0.4 is 10.9 Å². The van der Waals surface area contributed by atoms with Crippen LogP contribution in [0.1, 0.15) is 5.56 Å². The average Bonchev–Trinajstić information content (AvgIpc) is 3.03. The molecule has 0 aliphatic rings. The van der Waals surface area contributed by atoms with E-state index >= 15 is 0 Å². The molecule has 1 aromatic carbocycles. The smallest absolute Gasteiger partial charge is 0.268 e. The quantitative estimate of drug-likeness (QED) is 0.756. The normalized spacial score (nSPS) is 11.6. The van der Waals surface area contributed by atoms with E-state index in [1.165, 1.54) is 8.54 Å². The molecule has 6 nitrogen and oxygen atoms in total. The van der Waals surface area contributed by atoms with Gasteiger partial charge in [0.1, 0.15) is 0 Å². The number of rotatable bonds is 5. The Labute approximate surface area is 146 Å². The van der Waals surface area contributed by atoms with Crippen molar-refractivity contribution in [1.29, 1.82) is 0 Å². The Bertz CT molecular complexity index is 1050. The molecule has 0 saturated heterocycles. The third kappa shape index (κ3) is 3.16. The third-order valence-corrected chi connectivity index (χ3v) is 5.61. The van der Waals surface area contributed by atoms with Crippen molar-refractivity contribution in [3.05, 3.63) is 76.8 Å². The first-order chi connectivity index (χ1) is 11.9. The topological polar surface area (TPSA) is 73.1 Å². The second kappa shape index (κ2) is 6.70. The minimum atomic E-state index is -3.80. The first-order valence-corrected chi connectivity index (χ1v) is 9.21. The van der Waals surface area contributed by atoms with Crippen molar-refractivity contribution in [3.8, 4) is 11.3 Å². The molecule has 3 aromatic rings. The second-order valence-electron chi connectivity index (χ2n) is 5.72. The van der Waals surface area contributed by atoms with Gasteiger partial charge in [-0.2, -0.15) is 0 Å². The third-order valence-electron chi connectivity index (χ3n) is 3.92. The van der Waals surface area contributed by atoms with E-state index in [0.717, 1.165) is 5.56 Å². The largest absolute Gasteiger partial charge is 0.318 e. The molecule has 2 aromatic heterocycles. The first-order valence-electron chi connectivity index (χ1n) is 7.77. The number of aromatic nitrogens is 2. The maximum Gasteiger partial charge on any atom is 0.268 e. The summed E-state index contributed by atoms with van der Waals surface area (Å²) in [4.78, 5) is 12.7. The molecule has 0 atom stereocenters. The van der Waals surface area contributed by atoms with E-state index in [-0.39, 0.29) is 10.5 Å². The molecule has 0 bridgehead atoms. The minimum absolute atomic E-state index is 0.176. The first kappa shape index (κ1) is 17.2. The summed E-state index contributed by atoms with van der Waals surface area (Å²) in [6.07, 6.45) is 3.19. The van der Waals surface area contributed by atoms with E-state index in [4.69, 9.17) is 0 Å². The van der Waals surface area contributed by atoms with Crippen LogP contribution in [0.15, 0.2) is 70.6 Å². The number of benzene rings is 1. The summed E-state index contributed by atoms with van der Waals surface area (Å²) < 4.78 is 28.8. The monoisotopic (exact) mass is 357 g/mol. The Morgan fingerprint density at radius 1 is 1.08 bits per heavy atom. The van der Waals surface area contributed by atoms with Gasteiger partial charge in [0, 0.05) is 26.0 Å². The molecule has 0 amide bonds. The lowest BCUT2D eigenvalue weighted by Gasteiger charge is -2.11. The Morgan fingerprint density at radius 3 is 2.48 bits per heavy atom. The number of nitrogens with zero attached hydrogens (tertiary/aromatic N) is 2. The summed E-state index contributed by atoms with van der Waals surface area (Å²) in [5, 5.41) is 3.00. The fourth-order valence-electron chi connectivity index (χ4n) is 2.69. The van der Waals surface area contributed by atoms with Crippen molar-refractivity contribution in [2.75, 3.05) is 7.05 Å². The van der Waals surface area contributed by atoms with Gasteiger partial charge in [0.25, 0.3) is 15.6 Å². The summed E-state index contributed by atoms with van der Waals surface area (Å²) in [5.41, 5.74) is 1.23. The van der Waals surface area contributed by atoms with Crippen LogP contribution in [0.4, 0.5) is 0 Å². The van der Waals surface area contributed by atoms with Crippen LogP contribution in [0.3, 0.4) is 0 Å². The Morgan fingerprint density at radius 2 is 1.80 bits per heavy atom. The van der Waals surface area contributed by atoms with Gasteiger partial charge >= 0.3 is 0 Å². The molecule has 2 heterocycles. The Kier molecular flexibility index (Phi) is 4.61. The van der Waals surface area contributed by atoms with Crippen molar-refractivity contribution in [3.63, 3.8) is 0 Å². The Hall–Kier alpha value is -2.64. The molecule has 130 valence electrons. The van der Waals surface area contributed by atoms with Crippen molar-refractivity contribution >= 4 is 10.0 Å². The SMILES string of the molecule is CNCc1cc(-c2cccn(C)c2=O)n(S(=O)(=O)c2ccccc2)c1. The van der Waals surface area contributed by atoms with E-state index in [2.05, 4.69) is 5.32 Å². The Balaban J connectivity index is 2.27. The highest BCUT2D eigenvalue weighted by Crippen LogP contribution is 2.25. The zero-order valence-corrected chi connectivity index (χ0v) is 14.8. The molecule has 0 aliphatic carbocycles. The maximum absolute atomic E-state index is 13.1. The summed E-state index contributed by atoms with van der Waals surface area (Å²) in [6, 6.07) is 13.3. The predicted octanol–water partition coefficient (Wildman–Crippen LogP) is 1.81. The molecule has 0 unspecified atom stereocenters. The van der Waals surface area contributed by atoms with Crippen molar-refractivity contribution in [2.45, 2.75) is 11.4 Å². The highest BCUT2D eigenvalue weighted by molar-refractivity contribution is 7.90. The van der Waals surface area contributed by atoms with Gasteiger partial charge in [-0.15, -0.1) is 0 Å². The van der Waals surface area contributed by atoms with Crippen LogP contribution in [0.25, 0.3) is 11.3 Å². The van der Waals surface area contributed by atoms with E-state index in [0.29, 0.717) is 17.8 Å². The highest BCUT2D eigenvalue weighted by Gasteiger charge is 2.22. The van der Waals surface area contributed by atoms with Crippen molar-refractivity contribution in [2.24, 2.45) is 7.05 Å². The summed E-state index contributed by atoms with van der Waals surface area (Å²) >= 11 is 0. The van der Waals surface area contributed by atoms with E-state index in [9.17, 15) is 13.2 Å². The van der Waals surface area contributed by atoms with Gasteiger partial charge < -0.3 is 9.88 Å². The molecular formula is C18H19N3O3S. The van der Waals surface area contributed by atoms with Crippen LogP contribution in [0.5, 0.6) is 0 Å². The fraction of sp³-hybridized carbons (Fsp3) is 0.167. The molecule has 0 aliphatic heterocycles. The summed E-state index contributed by atoms with van der Waals surface area (Å²) in [7, 11) is -0.384. The van der Waals surface area contributed by atoms with Crippen LogP contribution in [-0.4, -0.2) is 24.0 Å². The summed E-state index contributed by atoms with van der Waals surface area (Å²) in [6.45, 7) is 0.497. The molecule has 7 heteroatoms. The van der Waals surface area contributed by atoms with Crippen LogP contribution in [-0.2, 0) is 23.6 Å². The molecule has 0 saturated carbocycles. The molecular weight excluding hydrogens is 338 g/mol. The highest BCUT2D eigenvalue weighted by atomic mass is 32.2. The van der Waals surface area contributed by atoms with Crippen molar-refractivity contribution < 1.29 is 8.42 Å². The number of nitrogens with one attached hydrogen (secondary N) is 1.